The molecule has 3 heteroatoms. The number of aliphatic hydroxyl groups is 1. The lowest BCUT2D eigenvalue weighted by molar-refractivity contribution is 0.140. The molecule has 0 radical (unpaired) electrons. The number of aryl methyl sites for hydroxylation is 1. The zero-order valence-electron chi connectivity index (χ0n) is 7.33. The smallest absolute Gasteiger partial charge is 0.0653 e. The molecule has 2 nitrogen and oxygen atoms in total. The van der Waals surface area contributed by atoms with Crippen LogP contribution in [0.2, 0.25) is 0 Å². The fourth-order valence-electron chi connectivity index (χ4n) is 1.35. The average Bonchev–Trinajstić information content (AvgIpc) is 2.83. The van der Waals surface area contributed by atoms with E-state index in [1.807, 2.05) is 12.1 Å². The van der Waals surface area contributed by atoms with Crippen LogP contribution in [0.1, 0.15) is 25.0 Å². The molecular weight excluding hydrogens is 230 g/mol. The molecule has 0 unspecified atom stereocenters. The van der Waals surface area contributed by atoms with Gasteiger partial charge >= 0.3 is 0 Å². The summed E-state index contributed by atoms with van der Waals surface area (Å²) in [6.07, 6.45) is 5.40. The molecule has 1 saturated carbocycles. The molecule has 0 saturated heterocycles. The first-order valence-corrected chi connectivity index (χ1v) is 5.31. The molecule has 1 aliphatic carbocycles. The van der Waals surface area contributed by atoms with Crippen molar-refractivity contribution in [1.82, 2.24) is 4.98 Å². The average molecular weight is 242 g/mol. The molecule has 1 aromatic rings. The van der Waals surface area contributed by atoms with Gasteiger partial charge in [0.25, 0.3) is 0 Å². The maximum atomic E-state index is 9.64. The second-order valence-electron chi connectivity index (χ2n) is 3.66. The van der Waals surface area contributed by atoms with Crippen molar-refractivity contribution in [2.75, 3.05) is 0 Å². The van der Waals surface area contributed by atoms with Crippen molar-refractivity contribution in [3.63, 3.8) is 0 Å². The summed E-state index contributed by atoms with van der Waals surface area (Å²) in [6.45, 7) is 0. The van der Waals surface area contributed by atoms with Crippen molar-refractivity contribution < 1.29 is 5.11 Å². The molecule has 0 atom stereocenters. The van der Waals surface area contributed by atoms with Gasteiger partial charge in [-0.25, -0.2) is 0 Å². The summed E-state index contributed by atoms with van der Waals surface area (Å²) in [5, 5.41) is 9.64. The highest BCUT2D eigenvalue weighted by Crippen LogP contribution is 2.39. The zero-order valence-corrected chi connectivity index (χ0v) is 8.92. The monoisotopic (exact) mass is 241 g/mol. The third kappa shape index (κ3) is 2.29. The highest BCUT2D eigenvalue weighted by molar-refractivity contribution is 9.10. The number of nitrogens with zero attached hydrogens (tertiary/aromatic N) is 1. The van der Waals surface area contributed by atoms with Gasteiger partial charge in [0.05, 0.1) is 11.3 Å². The lowest BCUT2D eigenvalue weighted by Gasteiger charge is -2.07. The lowest BCUT2D eigenvalue weighted by atomic mass is 10.1. The number of pyridine rings is 1. The Kier molecular flexibility index (Phi) is 2.39. The number of halogens is 1. The quantitative estimate of drug-likeness (QED) is 0.882. The van der Waals surface area contributed by atoms with Gasteiger partial charge < -0.3 is 5.11 Å². The molecular formula is C10H12BrNO. The molecule has 0 aliphatic heterocycles. The van der Waals surface area contributed by atoms with E-state index in [4.69, 9.17) is 0 Å². The molecule has 1 aliphatic rings. The molecule has 70 valence electrons. The summed E-state index contributed by atoms with van der Waals surface area (Å²) in [5.74, 6) is 0. The SMILES string of the molecule is OC1(CCc2ncccc2Br)CC1. The van der Waals surface area contributed by atoms with E-state index in [0.29, 0.717) is 0 Å². The van der Waals surface area contributed by atoms with Gasteiger partial charge in [0.2, 0.25) is 0 Å². The molecule has 13 heavy (non-hydrogen) atoms. The van der Waals surface area contributed by atoms with Crippen molar-refractivity contribution >= 4 is 15.9 Å². The van der Waals surface area contributed by atoms with Gasteiger partial charge in [-0.3, -0.25) is 4.98 Å². The van der Waals surface area contributed by atoms with E-state index in [2.05, 4.69) is 20.9 Å². The first-order valence-electron chi connectivity index (χ1n) is 4.51. The maximum absolute atomic E-state index is 9.64. The van der Waals surface area contributed by atoms with E-state index in [1.165, 1.54) is 0 Å². The van der Waals surface area contributed by atoms with Crippen LogP contribution in [0.4, 0.5) is 0 Å². The van der Waals surface area contributed by atoms with Gasteiger partial charge in [0.15, 0.2) is 0 Å². The Bertz CT molecular complexity index is 310. The first kappa shape index (κ1) is 9.16. The van der Waals surface area contributed by atoms with Crippen molar-refractivity contribution in [3.05, 3.63) is 28.5 Å². The van der Waals surface area contributed by atoms with Crippen LogP contribution in [0.3, 0.4) is 0 Å². The molecule has 0 spiro atoms. The highest BCUT2D eigenvalue weighted by atomic mass is 79.9. The van der Waals surface area contributed by atoms with Crippen LogP contribution in [-0.4, -0.2) is 15.7 Å². The van der Waals surface area contributed by atoms with Crippen LogP contribution >= 0.6 is 15.9 Å². The summed E-state index contributed by atoms with van der Waals surface area (Å²) in [5.41, 5.74) is 0.680. The van der Waals surface area contributed by atoms with Gasteiger partial charge in [-0.1, -0.05) is 0 Å². The van der Waals surface area contributed by atoms with Gasteiger partial charge in [0.1, 0.15) is 0 Å². The zero-order chi connectivity index (χ0) is 9.31. The number of hydrogen-bond acceptors (Lipinski definition) is 2. The summed E-state index contributed by atoms with van der Waals surface area (Å²) in [4.78, 5) is 4.25. The van der Waals surface area contributed by atoms with Gasteiger partial charge in [-0.15, -0.1) is 0 Å². The Labute approximate surface area is 86.1 Å². The largest absolute Gasteiger partial charge is 0.390 e. The Morgan fingerprint density at radius 2 is 2.31 bits per heavy atom. The number of hydrogen-bond donors (Lipinski definition) is 1. The van der Waals surface area contributed by atoms with Gasteiger partial charge in [-0.2, -0.15) is 0 Å². The fraction of sp³-hybridized carbons (Fsp3) is 0.500. The molecule has 1 aromatic heterocycles. The molecule has 0 amide bonds. The van der Waals surface area contributed by atoms with Crippen molar-refractivity contribution in [1.29, 1.82) is 0 Å². The third-order valence-electron chi connectivity index (χ3n) is 2.49. The fourth-order valence-corrected chi connectivity index (χ4v) is 1.80. The van der Waals surface area contributed by atoms with Crippen molar-refractivity contribution in [3.8, 4) is 0 Å². The van der Waals surface area contributed by atoms with Crippen molar-refractivity contribution in [2.45, 2.75) is 31.3 Å². The summed E-state index contributed by atoms with van der Waals surface area (Å²) in [6, 6.07) is 3.89. The highest BCUT2D eigenvalue weighted by Gasteiger charge is 2.39. The minimum atomic E-state index is -0.364. The predicted molar refractivity (Wildman–Crippen MR) is 54.4 cm³/mol. The van der Waals surface area contributed by atoms with Crippen LogP contribution in [-0.2, 0) is 6.42 Å². The van der Waals surface area contributed by atoms with E-state index in [-0.39, 0.29) is 5.60 Å². The molecule has 0 aromatic carbocycles. The van der Waals surface area contributed by atoms with E-state index in [9.17, 15) is 5.11 Å². The second-order valence-corrected chi connectivity index (χ2v) is 4.51. The van der Waals surface area contributed by atoms with Gasteiger partial charge in [0, 0.05) is 10.7 Å². The number of rotatable bonds is 3. The molecule has 1 heterocycles. The molecule has 0 bridgehead atoms. The molecule has 2 rings (SSSR count). The number of aromatic nitrogens is 1. The Balaban J connectivity index is 1.97. The second kappa shape index (κ2) is 3.39. The van der Waals surface area contributed by atoms with Crippen LogP contribution in [0.5, 0.6) is 0 Å². The van der Waals surface area contributed by atoms with Crippen molar-refractivity contribution in [2.24, 2.45) is 0 Å². The minimum Gasteiger partial charge on any atom is -0.390 e. The topological polar surface area (TPSA) is 33.1 Å². The van der Waals surface area contributed by atoms with E-state index >= 15 is 0 Å². The summed E-state index contributed by atoms with van der Waals surface area (Å²) in [7, 11) is 0. The molecule has 1 N–H and O–H groups in total. The van der Waals surface area contributed by atoms with Crippen LogP contribution < -0.4 is 0 Å². The Morgan fingerprint density at radius 1 is 1.54 bits per heavy atom. The summed E-state index contributed by atoms with van der Waals surface area (Å²) >= 11 is 3.44. The first-order chi connectivity index (χ1) is 6.20. The predicted octanol–water partition coefficient (Wildman–Crippen LogP) is 2.30. The van der Waals surface area contributed by atoms with E-state index in [1.54, 1.807) is 6.20 Å². The van der Waals surface area contributed by atoms with Crippen LogP contribution in [0.25, 0.3) is 0 Å². The lowest BCUT2D eigenvalue weighted by Crippen LogP contribution is -2.08. The minimum absolute atomic E-state index is 0.364. The maximum Gasteiger partial charge on any atom is 0.0653 e. The standard InChI is InChI=1S/C10H12BrNO/c11-8-2-1-7-12-9(8)3-4-10(13)5-6-10/h1-2,7,13H,3-6H2. The Morgan fingerprint density at radius 3 is 2.92 bits per heavy atom. The van der Waals surface area contributed by atoms with E-state index < -0.39 is 0 Å². The summed E-state index contributed by atoms with van der Waals surface area (Å²) < 4.78 is 1.04. The molecule has 1 fully saturated rings. The van der Waals surface area contributed by atoms with Crippen LogP contribution in [0, 0.1) is 0 Å². The normalized spacial score (nSPS) is 18.6. The van der Waals surface area contributed by atoms with Crippen LogP contribution in [0.15, 0.2) is 22.8 Å². The van der Waals surface area contributed by atoms with E-state index in [0.717, 1.165) is 35.8 Å². The Hall–Kier alpha value is -0.410. The van der Waals surface area contributed by atoms with Gasteiger partial charge in [-0.05, 0) is 53.7 Å². The third-order valence-corrected chi connectivity index (χ3v) is 3.21.